The number of nitrogens with zero attached hydrogens (tertiary/aromatic N) is 3. The van der Waals surface area contributed by atoms with Gasteiger partial charge in [0.15, 0.2) is 5.69 Å². The molecule has 0 radical (unpaired) electrons. The fraction of sp³-hybridized carbons (Fsp3) is 0.281. The summed E-state index contributed by atoms with van der Waals surface area (Å²) < 4.78 is 69.3. The highest BCUT2D eigenvalue weighted by Gasteiger charge is 2.50. The largest absolute Gasteiger partial charge is 0.510 e. The van der Waals surface area contributed by atoms with Crippen LogP contribution in [-0.4, -0.2) is 61.5 Å². The van der Waals surface area contributed by atoms with Crippen molar-refractivity contribution in [1.29, 1.82) is 0 Å². The predicted molar refractivity (Wildman–Crippen MR) is 158 cm³/mol. The molecule has 4 aliphatic rings. The molecular weight excluding hydrogens is 627 g/mol. The molecule has 2 aromatic heterocycles. The highest BCUT2D eigenvalue weighted by Crippen LogP contribution is 2.58. The second kappa shape index (κ2) is 10.4. The molecule has 2 aromatic carbocycles. The number of carbonyl (C=O) groups excluding carboxylic acids is 2. The van der Waals surface area contributed by atoms with Crippen LogP contribution in [-0.2, 0) is 26.6 Å². The summed E-state index contributed by atoms with van der Waals surface area (Å²) in [6.07, 6.45) is -1.02. The Morgan fingerprint density at radius 2 is 1.93 bits per heavy atom. The molecule has 1 fully saturated rings. The number of thiophene rings is 1. The van der Waals surface area contributed by atoms with E-state index in [1.807, 2.05) is 24.3 Å². The minimum atomic E-state index is -3.47. The third-order valence-corrected chi connectivity index (χ3v) is 9.91. The lowest BCUT2D eigenvalue weighted by Crippen LogP contribution is -2.66. The van der Waals surface area contributed by atoms with E-state index in [1.165, 1.54) is 39.2 Å². The summed E-state index contributed by atoms with van der Waals surface area (Å²) in [7, 11) is 1.11. The molecule has 14 heteroatoms. The Bertz CT molecular complexity index is 2010. The summed E-state index contributed by atoms with van der Waals surface area (Å²) in [5.74, 6) is -5.38. The number of morpholine rings is 1. The van der Waals surface area contributed by atoms with Crippen molar-refractivity contribution < 1.29 is 41.7 Å². The lowest BCUT2D eigenvalue weighted by atomic mass is 9.80. The number of ether oxygens (including phenoxy) is 4. The number of carbonyl (C=O) groups is 2. The number of hydrogen-bond acceptors (Lipinski definition) is 9. The number of aromatic nitrogens is 1. The Hall–Kier alpha value is -4.82. The second-order valence-corrected chi connectivity index (χ2v) is 12.1. The Morgan fingerprint density at radius 3 is 2.76 bits per heavy atom. The number of halogens is 3. The van der Waals surface area contributed by atoms with E-state index in [2.05, 4.69) is 4.74 Å². The average molecular weight is 652 g/mol. The molecule has 2 aliphatic carbocycles. The van der Waals surface area contributed by atoms with Crippen LogP contribution >= 0.6 is 11.3 Å². The molecule has 1 saturated heterocycles. The molecule has 1 amide bonds. The maximum Gasteiger partial charge on any atom is 0.510 e. The van der Waals surface area contributed by atoms with Gasteiger partial charge in [0.2, 0.25) is 18.0 Å². The molecule has 8 rings (SSSR count). The summed E-state index contributed by atoms with van der Waals surface area (Å²) in [6.45, 7) is -0.278. The van der Waals surface area contributed by atoms with Crippen molar-refractivity contribution in [2.24, 2.45) is 0 Å². The summed E-state index contributed by atoms with van der Waals surface area (Å²) in [6, 6.07) is 10.4. The highest BCUT2D eigenvalue weighted by atomic mass is 32.1. The minimum absolute atomic E-state index is 0.0597. The third-order valence-electron chi connectivity index (χ3n) is 8.84. The molecule has 0 bridgehead atoms. The first-order valence-corrected chi connectivity index (χ1v) is 15.3. The van der Waals surface area contributed by atoms with Gasteiger partial charge >= 0.3 is 6.16 Å². The maximum atomic E-state index is 15.8. The van der Waals surface area contributed by atoms with Gasteiger partial charge in [0.25, 0.3) is 11.8 Å². The normalized spacial score (nSPS) is 20.1. The molecule has 0 spiro atoms. The molecular formula is C32H24F3N3O7S. The minimum Gasteiger partial charge on any atom is -0.451 e. The van der Waals surface area contributed by atoms with Gasteiger partial charge in [-0.2, -0.15) is 0 Å². The van der Waals surface area contributed by atoms with Gasteiger partial charge in [0.1, 0.15) is 12.0 Å². The van der Waals surface area contributed by atoms with E-state index in [0.29, 0.717) is 16.7 Å². The van der Waals surface area contributed by atoms with Crippen LogP contribution < -0.4 is 15.2 Å². The number of methoxy groups -OCH3 is 1. The SMILES string of the molecule is COC(=O)OCOc1c2n(ccc1=O)N([C@@H]1c3ccccc3-c3scc4c3-c3c1ccc(F)c3C(F)(F)C4)[C@@H]1COCCN1C2=O. The fourth-order valence-electron chi connectivity index (χ4n) is 7.02. The molecule has 236 valence electrons. The molecule has 4 heterocycles. The van der Waals surface area contributed by atoms with Crippen molar-refractivity contribution >= 4 is 23.4 Å². The first-order chi connectivity index (χ1) is 22.2. The smallest absolute Gasteiger partial charge is 0.451 e. The maximum absolute atomic E-state index is 15.8. The van der Waals surface area contributed by atoms with E-state index in [-0.39, 0.29) is 36.8 Å². The van der Waals surface area contributed by atoms with Crippen LogP contribution in [0.4, 0.5) is 18.0 Å². The number of hydrogen-bond donors (Lipinski definition) is 0. The fourth-order valence-corrected chi connectivity index (χ4v) is 8.15. The average Bonchev–Trinajstić information content (AvgIpc) is 3.41. The first-order valence-electron chi connectivity index (χ1n) is 14.4. The van der Waals surface area contributed by atoms with E-state index in [9.17, 15) is 14.4 Å². The number of benzene rings is 2. The monoisotopic (exact) mass is 651 g/mol. The van der Waals surface area contributed by atoms with Gasteiger partial charge in [-0.15, -0.1) is 11.3 Å². The zero-order valence-corrected chi connectivity index (χ0v) is 24.9. The van der Waals surface area contributed by atoms with E-state index >= 15 is 13.2 Å². The Labute approximate surface area is 263 Å². The Kier molecular flexibility index (Phi) is 6.45. The Morgan fingerprint density at radius 1 is 1.11 bits per heavy atom. The van der Waals surface area contributed by atoms with Crippen LogP contribution in [0.2, 0.25) is 0 Å². The van der Waals surface area contributed by atoms with E-state index in [0.717, 1.165) is 29.2 Å². The van der Waals surface area contributed by atoms with Crippen molar-refractivity contribution in [3.05, 3.63) is 98.0 Å². The molecule has 2 aliphatic heterocycles. The van der Waals surface area contributed by atoms with Gasteiger partial charge in [-0.25, -0.2) is 18.0 Å². The van der Waals surface area contributed by atoms with Crippen molar-refractivity contribution in [1.82, 2.24) is 9.58 Å². The van der Waals surface area contributed by atoms with Crippen LogP contribution in [0.3, 0.4) is 0 Å². The number of pyridine rings is 1. The zero-order valence-electron chi connectivity index (χ0n) is 24.1. The van der Waals surface area contributed by atoms with E-state index < -0.39 is 60.2 Å². The number of alkyl halides is 2. The van der Waals surface area contributed by atoms with Crippen LogP contribution in [0.15, 0.2) is 58.8 Å². The van der Waals surface area contributed by atoms with Crippen molar-refractivity contribution in [3.8, 4) is 27.3 Å². The Balaban J connectivity index is 1.41. The summed E-state index contributed by atoms with van der Waals surface area (Å²) >= 11 is 1.33. The number of amides is 1. The zero-order chi connectivity index (χ0) is 31.9. The highest BCUT2D eigenvalue weighted by molar-refractivity contribution is 7.14. The van der Waals surface area contributed by atoms with Crippen LogP contribution in [0.25, 0.3) is 21.6 Å². The van der Waals surface area contributed by atoms with E-state index in [1.54, 1.807) is 10.4 Å². The second-order valence-electron chi connectivity index (χ2n) is 11.2. The van der Waals surface area contributed by atoms with Crippen LogP contribution in [0.1, 0.15) is 38.8 Å². The van der Waals surface area contributed by atoms with E-state index in [4.69, 9.17) is 14.2 Å². The van der Waals surface area contributed by atoms with Crippen molar-refractivity contribution in [3.63, 3.8) is 0 Å². The van der Waals surface area contributed by atoms with Gasteiger partial charge < -0.3 is 23.8 Å². The standard InChI is InChI=1S/C32H24F3N3O7S/c1-42-31(41)45-15-44-28-21(39)8-9-37-27(28)30(40)36-10-11-43-13-22(36)38(37)26-17-4-2-3-5-18(17)29-23-16(14-46-29)12-32(34,35)25-20(33)7-6-19(26)24(23)25/h2-9,14,22,26H,10-13,15H2,1H3/t22-,26-/m1/s1. The summed E-state index contributed by atoms with van der Waals surface area (Å²) in [5, 5.41) is 3.50. The predicted octanol–water partition coefficient (Wildman–Crippen LogP) is 5.00. The molecule has 0 saturated carbocycles. The number of fused-ring (bicyclic) bond motifs is 4. The molecule has 10 nitrogen and oxygen atoms in total. The van der Waals surface area contributed by atoms with Crippen LogP contribution in [0.5, 0.6) is 5.75 Å². The topological polar surface area (TPSA) is 99.5 Å². The van der Waals surface area contributed by atoms with Crippen molar-refractivity contribution in [2.75, 3.05) is 38.7 Å². The third kappa shape index (κ3) is 4.02. The first kappa shape index (κ1) is 28.6. The molecule has 2 atom stereocenters. The van der Waals surface area contributed by atoms with Gasteiger partial charge in [-0.1, -0.05) is 30.3 Å². The van der Waals surface area contributed by atoms with Crippen LogP contribution in [0, 0.1) is 5.82 Å². The lowest BCUT2D eigenvalue weighted by Gasteiger charge is -2.51. The lowest BCUT2D eigenvalue weighted by molar-refractivity contribution is -0.0208. The molecule has 46 heavy (non-hydrogen) atoms. The quantitative estimate of drug-likeness (QED) is 0.225. The van der Waals surface area contributed by atoms with Crippen molar-refractivity contribution in [2.45, 2.75) is 24.6 Å². The van der Waals surface area contributed by atoms with Gasteiger partial charge in [0, 0.05) is 41.2 Å². The molecule has 0 unspecified atom stereocenters. The molecule has 4 aromatic rings. The van der Waals surface area contributed by atoms with Gasteiger partial charge in [-0.05, 0) is 33.7 Å². The molecule has 0 N–H and O–H groups in total. The van der Waals surface area contributed by atoms with Gasteiger partial charge in [-0.3, -0.25) is 19.3 Å². The number of rotatable bonds is 4. The summed E-state index contributed by atoms with van der Waals surface area (Å²) in [5.41, 5.74) is 1.56. The summed E-state index contributed by atoms with van der Waals surface area (Å²) in [4.78, 5) is 41.0. The van der Waals surface area contributed by atoms with Gasteiger partial charge in [0.05, 0.1) is 31.9 Å².